The minimum absolute atomic E-state index is 0.00592. The van der Waals surface area contributed by atoms with E-state index in [0.717, 1.165) is 5.39 Å². The summed E-state index contributed by atoms with van der Waals surface area (Å²) < 4.78 is 5.66. The van der Waals surface area contributed by atoms with E-state index >= 15 is 0 Å². The van der Waals surface area contributed by atoms with Crippen LogP contribution in [0.5, 0.6) is 0 Å². The molecule has 2 aromatic heterocycles. The molecule has 29 heavy (non-hydrogen) atoms. The number of furan rings is 1. The van der Waals surface area contributed by atoms with Gasteiger partial charge in [-0.3, -0.25) is 14.4 Å². The Labute approximate surface area is 167 Å². The Kier molecular flexibility index (Phi) is 4.92. The third kappa shape index (κ3) is 3.78. The fourth-order valence-corrected chi connectivity index (χ4v) is 3.62. The zero-order chi connectivity index (χ0) is 20.5. The van der Waals surface area contributed by atoms with E-state index < -0.39 is 0 Å². The maximum atomic E-state index is 12.7. The summed E-state index contributed by atoms with van der Waals surface area (Å²) in [4.78, 5) is 47.7. The number of hydrogen-bond acceptors (Lipinski definition) is 5. The van der Waals surface area contributed by atoms with Crippen LogP contribution in [0.15, 0.2) is 39.5 Å². The molecule has 1 N–H and O–H groups in total. The molecule has 0 spiro atoms. The largest absolute Gasteiger partial charge is 0.451 e. The highest BCUT2D eigenvalue weighted by atomic mass is 16.3. The third-order valence-electron chi connectivity index (χ3n) is 5.22. The Balaban J connectivity index is 1.39. The van der Waals surface area contributed by atoms with Crippen molar-refractivity contribution in [3.63, 3.8) is 0 Å². The van der Waals surface area contributed by atoms with Crippen molar-refractivity contribution in [1.82, 2.24) is 19.8 Å². The van der Waals surface area contributed by atoms with Crippen molar-refractivity contribution in [2.24, 2.45) is 0 Å². The summed E-state index contributed by atoms with van der Waals surface area (Å²) in [5, 5.41) is 0.886. The molecule has 0 saturated carbocycles. The van der Waals surface area contributed by atoms with Gasteiger partial charge in [-0.1, -0.05) is 18.2 Å². The van der Waals surface area contributed by atoms with Gasteiger partial charge in [0, 0.05) is 42.8 Å². The lowest BCUT2D eigenvalue weighted by atomic mass is 10.1. The number of aryl methyl sites for hydroxylation is 2. The second-order valence-corrected chi connectivity index (χ2v) is 7.21. The van der Waals surface area contributed by atoms with Gasteiger partial charge in [0.1, 0.15) is 11.4 Å². The van der Waals surface area contributed by atoms with Crippen LogP contribution < -0.4 is 5.56 Å². The molecule has 1 saturated heterocycles. The van der Waals surface area contributed by atoms with E-state index in [2.05, 4.69) is 9.97 Å². The molecule has 8 nitrogen and oxygen atoms in total. The van der Waals surface area contributed by atoms with Gasteiger partial charge in [-0.05, 0) is 26.0 Å². The number of hydrogen-bond donors (Lipinski definition) is 1. The number of aromatic amines is 1. The number of carbonyl (C=O) groups is 2. The molecule has 3 aromatic rings. The summed E-state index contributed by atoms with van der Waals surface area (Å²) in [6, 6.07) is 9.23. The lowest BCUT2D eigenvalue weighted by molar-refractivity contribution is -0.132. The first-order valence-corrected chi connectivity index (χ1v) is 9.54. The average Bonchev–Trinajstić information content (AvgIpc) is 3.14. The van der Waals surface area contributed by atoms with Crippen molar-refractivity contribution < 1.29 is 14.0 Å². The van der Waals surface area contributed by atoms with Gasteiger partial charge in [0.25, 0.3) is 11.5 Å². The predicted molar refractivity (Wildman–Crippen MR) is 107 cm³/mol. The number of benzene rings is 1. The first-order valence-electron chi connectivity index (χ1n) is 9.54. The van der Waals surface area contributed by atoms with Crippen LogP contribution in [-0.2, 0) is 11.2 Å². The van der Waals surface area contributed by atoms with Crippen molar-refractivity contribution in [2.75, 3.05) is 26.2 Å². The van der Waals surface area contributed by atoms with E-state index in [1.807, 2.05) is 24.3 Å². The standard InChI is InChI=1S/C21H22N4O4/c1-13-16(20(27)23-14(2)22-13)12-19(26)24-7-9-25(10-8-24)21(28)18-11-15-5-3-4-6-17(15)29-18/h3-6,11H,7-10,12H2,1-2H3,(H,22,23,27). The second-order valence-electron chi connectivity index (χ2n) is 7.21. The molecule has 0 aliphatic carbocycles. The fourth-order valence-electron chi connectivity index (χ4n) is 3.62. The Morgan fingerprint density at radius 2 is 1.79 bits per heavy atom. The van der Waals surface area contributed by atoms with Crippen LogP contribution in [0.4, 0.5) is 0 Å². The molecule has 1 fully saturated rings. The fraction of sp³-hybridized carbons (Fsp3) is 0.333. The van der Waals surface area contributed by atoms with Crippen LogP contribution in [0.2, 0.25) is 0 Å². The molecule has 1 aliphatic rings. The number of nitrogens with one attached hydrogen (secondary N) is 1. The number of fused-ring (bicyclic) bond motifs is 1. The van der Waals surface area contributed by atoms with Crippen molar-refractivity contribution in [1.29, 1.82) is 0 Å². The minimum Gasteiger partial charge on any atom is -0.451 e. The number of amides is 2. The van der Waals surface area contributed by atoms with Gasteiger partial charge < -0.3 is 19.2 Å². The third-order valence-corrected chi connectivity index (χ3v) is 5.22. The van der Waals surface area contributed by atoms with Gasteiger partial charge in [-0.25, -0.2) is 4.98 Å². The molecule has 0 bridgehead atoms. The molecule has 4 rings (SSSR count). The summed E-state index contributed by atoms with van der Waals surface area (Å²) in [6.07, 6.45) is 0.00592. The highest BCUT2D eigenvalue weighted by molar-refractivity contribution is 5.96. The molecule has 1 aromatic carbocycles. The van der Waals surface area contributed by atoms with Crippen LogP contribution in [0.3, 0.4) is 0 Å². The van der Waals surface area contributed by atoms with Crippen LogP contribution in [0.25, 0.3) is 11.0 Å². The van der Waals surface area contributed by atoms with Gasteiger partial charge >= 0.3 is 0 Å². The zero-order valence-corrected chi connectivity index (χ0v) is 16.4. The van der Waals surface area contributed by atoms with Gasteiger partial charge in [0.05, 0.1) is 6.42 Å². The molecule has 0 radical (unpaired) electrons. The second kappa shape index (κ2) is 7.54. The van der Waals surface area contributed by atoms with E-state index in [9.17, 15) is 14.4 Å². The predicted octanol–water partition coefficient (Wildman–Crippen LogP) is 1.66. The van der Waals surface area contributed by atoms with Crippen molar-refractivity contribution >= 4 is 22.8 Å². The molecule has 0 atom stereocenters. The monoisotopic (exact) mass is 394 g/mol. The normalized spacial score (nSPS) is 14.4. The molecule has 1 aliphatic heterocycles. The zero-order valence-electron chi connectivity index (χ0n) is 16.4. The minimum atomic E-state index is -0.276. The van der Waals surface area contributed by atoms with E-state index in [-0.39, 0.29) is 23.8 Å². The molecule has 3 heterocycles. The number of piperazine rings is 1. The number of nitrogens with zero attached hydrogens (tertiary/aromatic N) is 3. The highest BCUT2D eigenvalue weighted by Crippen LogP contribution is 2.20. The topological polar surface area (TPSA) is 99.5 Å². The van der Waals surface area contributed by atoms with Gasteiger partial charge in [-0.2, -0.15) is 0 Å². The Hall–Kier alpha value is -3.42. The Morgan fingerprint density at radius 1 is 1.10 bits per heavy atom. The molecule has 0 unspecified atom stereocenters. The van der Waals surface area contributed by atoms with Crippen molar-refractivity contribution in [3.8, 4) is 0 Å². The quantitative estimate of drug-likeness (QED) is 0.728. The van der Waals surface area contributed by atoms with E-state index in [4.69, 9.17) is 4.42 Å². The molecule has 150 valence electrons. The van der Waals surface area contributed by atoms with Crippen LogP contribution in [0.1, 0.15) is 27.6 Å². The molecular formula is C21H22N4O4. The van der Waals surface area contributed by atoms with Gasteiger partial charge in [-0.15, -0.1) is 0 Å². The van der Waals surface area contributed by atoms with Gasteiger partial charge in [0.2, 0.25) is 5.91 Å². The maximum absolute atomic E-state index is 12.7. The van der Waals surface area contributed by atoms with Gasteiger partial charge in [0.15, 0.2) is 5.76 Å². The smallest absolute Gasteiger partial charge is 0.289 e. The Morgan fingerprint density at radius 3 is 2.48 bits per heavy atom. The number of rotatable bonds is 3. The molecule has 2 amide bonds. The van der Waals surface area contributed by atoms with Crippen molar-refractivity contribution in [3.05, 3.63) is 63.5 Å². The van der Waals surface area contributed by atoms with Crippen LogP contribution >= 0.6 is 0 Å². The van der Waals surface area contributed by atoms with Crippen LogP contribution in [-0.4, -0.2) is 57.8 Å². The summed E-state index contributed by atoms with van der Waals surface area (Å²) in [5.74, 6) is 0.517. The number of carbonyl (C=O) groups excluding carboxylic acids is 2. The first-order chi connectivity index (χ1) is 13.9. The van der Waals surface area contributed by atoms with Crippen LogP contribution in [0, 0.1) is 13.8 Å². The molecular weight excluding hydrogens is 372 g/mol. The summed E-state index contributed by atoms with van der Waals surface area (Å²) in [6.45, 7) is 5.11. The van der Waals surface area contributed by atoms with E-state index in [1.165, 1.54) is 0 Å². The SMILES string of the molecule is Cc1nc(C)c(CC(=O)N2CCN(C(=O)c3cc4ccccc4o3)CC2)c(=O)[nH]1. The van der Waals surface area contributed by atoms with E-state index in [1.54, 1.807) is 29.7 Å². The summed E-state index contributed by atoms with van der Waals surface area (Å²) in [5.41, 5.74) is 1.36. The lowest BCUT2D eigenvalue weighted by Crippen LogP contribution is -2.51. The lowest BCUT2D eigenvalue weighted by Gasteiger charge is -2.34. The Bertz CT molecular complexity index is 1110. The number of para-hydroxylation sites is 1. The summed E-state index contributed by atoms with van der Waals surface area (Å²) >= 11 is 0. The molecule has 8 heteroatoms. The van der Waals surface area contributed by atoms with E-state index in [0.29, 0.717) is 54.6 Å². The number of aromatic nitrogens is 2. The maximum Gasteiger partial charge on any atom is 0.289 e. The highest BCUT2D eigenvalue weighted by Gasteiger charge is 2.27. The first kappa shape index (κ1) is 18.9. The van der Waals surface area contributed by atoms with Crippen molar-refractivity contribution in [2.45, 2.75) is 20.3 Å². The summed E-state index contributed by atoms with van der Waals surface area (Å²) in [7, 11) is 0. The average molecular weight is 394 g/mol. The number of H-pyrrole nitrogens is 1.